The van der Waals surface area contributed by atoms with Gasteiger partial charge in [0.25, 0.3) is 5.91 Å². The summed E-state index contributed by atoms with van der Waals surface area (Å²) in [5, 5.41) is 13.5. The molecule has 3 rings (SSSR count). The summed E-state index contributed by atoms with van der Waals surface area (Å²) in [5.41, 5.74) is 1.66. The van der Waals surface area contributed by atoms with Crippen molar-refractivity contribution in [2.24, 2.45) is 5.92 Å². The highest BCUT2D eigenvalue weighted by molar-refractivity contribution is 5.94. The third-order valence-corrected chi connectivity index (χ3v) is 4.67. The normalized spacial score (nSPS) is 20.8. The van der Waals surface area contributed by atoms with E-state index in [-0.39, 0.29) is 11.9 Å². The van der Waals surface area contributed by atoms with Crippen LogP contribution < -0.4 is 0 Å². The summed E-state index contributed by atoms with van der Waals surface area (Å²) in [6.45, 7) is 3.09. The van der Waals surface area contributed by atoms with Gasteiger partial charge in [-0.05, 0) is 43.5 Å². The number of carbonyl (C=O) groups is 2. The van der Waals surface area contributed by atoms with E-state index in [9.17, 15) is 14.7 Å². The number of amides is 1. The Morgan fingerprint density at radius 2 is 2.04 bits per heavy atom. The SMILES string of the molecule is C[C@@H]1[C@H](C(=O)O)CCCN1C(=O)c1ccc(Cn2cccn2)cc1. The molecule has 0 spiro atoms. The summed E-state index contributed by atoms with van der Waals surface area (Å²) in [6.07, 6.45) is 4.97. The average Bonchev–Trinajstić information content (AvgIpc) is 3.08. The number of carboxylic acids is 1. The Bertz CT molecular complexity index is 710. The highest BCUT2D eigenvalue weighted by atomic mass is 16.4. The maximum absolute atomic E-state index is 12.7. The Hall–Kier alpha value is -2.63. The maximum atomic E-state index is 12.7. The Morgan fingerprint density at radius 3 is 2.67 bits per heavy atom. The van der Waals surface area contributed by atoms with Gasteiger partial charge < -0.3 is 10.0 Å². The lowest BCUT2D eigenvalue weighted by Crippen LogP contribution is -2.49. The molecule has 1 amide bonds. The fraction of sp³-hybridized carbons (Fsp3) is 0.389. The molecule has 2 heterocycles. The van der Waals surface area contributed by atoms with Crippen LogP contribution in [0, 0.1) is 5.92 Å². The van der Waals surface area contributed by atoms with E-state index in [0.29, 0.717) is 25.1 Å². The van der Waals surface area contributed by atoms with Crippen molar-refractivity contribution in [2.75, 3.05) is 6.54 Å². The number of carbonyl (C=O) groups excluding carboxylic acids is 1. The largest absolute Gasteiger partial charge is 0.481 e. The predicted octanol–water partition coefficient (Wildman–Crippen LogP) is 2.26. The maximum Gasteiger partial charge on any atom is 0.308 e. The van der Waals surface area contributed by atoms with E-state index in [2.05, 4.69) is 5.10 Å². The van der Waals surface area contributed by atoms with Crippen LogP contribution in [0.25, 0.3) is 0 Å². The fourth-order valence-electron chi connectivity index (χ4n) is 3.26. The number of aromatic nitrogens is 2. The van der Waals surface area contributed by atoms with Crippen molar-refractivity contribution < 1.29 is 14.7 Å². The minimum Gasteiger partial charge on any atom is -0.481 e. The molecule has 2 atom stereocenters. The fourth-order valence-corrected chi connectivity index (χ4v) is 3.26. The van der Waals surface area contributed by atoms with Gasteiger partial charge in [0.2, 0.25) is 0 Å². The first kappa shape index (κ1) is 16.2. The number of benzene rings is 1. The van der Waals surface area contributed by atoms with Crippen LogP contribution in [0.1, 0.15) is 35.7 Å². The minimum atomic E-state index is -0.824. The first-order chi connectivity index (χ1) is 11.6. The quantitative estimate of drug-likeness (QED) is 0.934. The highest BCUT2D eigenvalue weighted by Crippen LogP contribution is 2.25. The van der Waals surface area contributed by atoms with E-state index < -0.39 is 11.9 Å². The molecule has 1 aromatic carbocycles. The van der Waals surface area contributed by atoms with Crippen LogP contribution in [0.4, 0.5) is 0 Å². The molecule has 1 aromatic heterocycles. The highest BCUT2D eigenvalue weighted by Gasteiger charge is 2.35. The molecule has 126 valence electrons. The molecular weight excluding hydrogens is 306 g/mol. The second-order valence-corrected chi connectivity index (χ2v) is 6.23. The summed E-state index contributed by atoms with van der Waals surface area (Å²) >= 11 is 0. The molecule has 1 N–H and O–H groups in total. The van der Waals surface area contributed by atoms with Gasteiger partial charge in [-0.15, -0.1) is 0 Å². The topological polar surface area (TPSA) is 75.4 Å². The molecule has 6 nitrogen and oxygen atoms in total. The van der Waals surface area contributed by atoms with Gasteiger partial charge in [0.05, 0.1) is 12.5 Å². The zero-order valence-electron chi connectivity index (χ0n) is 13.6. The van der Waals surface area contributed by atoms with Gasteiger partial charge in [0, 0.05) is 30.5 Å². The number of piperidine rings is 1. The van der Waals surface area contributed by atoms with Crippen molar-refractivity contribution in [1.82, 2.24) is 14.7 Å². The third-order valence-electron chi connectivity index (χ3n) is 4.67. The number of likely N-dealkylation sites (tertiary alicyclic amines) is 1. The van der Waals surface area contributed by atoms with Gasteiger partial charge in [-0.1, -0.05) is 12.1 Å². The first-order valence-corrected chi connectivity index (χ1v) is 8.16. The summed E-state index contributed by atoms with van der Waals surface area (Å²) < 4.78 is 1.82. The molecule has 24 heavy (non-hydrogen) atoms. The number of rotatable bonds is 4. The van der Waals surface area contributed by atoms with E-state index in [1.54, 1.807) is 23.2 Å². The number of carboxylic acid groups (broad SMARTS) is 1. The van der Waals surface area contributed by atoms with Gasteiger partial charge in [-0.2, -0.15) is 5.10 Å². The van der Waals surface area contributed by atoms with Crippen molar-refractivity contribution in [1.29, 1.82) is 0 Å². The number of aliphatic carboxylic acids is 1. The molecular formula is C18H21N3O3. The summed E-state index contributed by atoms with van der Waals surface area (Å²) in [5.74, 6) is -1.41. The Balaban J connectivity index is 1.71. The van der Waals surface area contributed by atoms with Crippen LogP contribution in [0.2, 0.25) is 0 Å². The molecule has 1 aliphatic heterocycles. The van der Waals surface area contributed by atoms with E-state index >= 15 is 0 Å². The van der Waals surface area contributed by atoms with Gasteiger partial charge in [-0.25, -0.2) is 0 Å². The molecule has 1 fully saturated rings. The van der Waals surface area contributed by atoms with Crippen molar-refractivity contribution in [3.63, 3.8) is 0 Å². The third kappa shape index (κ3) is 3.32. The molecule has 0 saturated carbocycles. The summed E-state index contributed by atoms with van der Waals surface area (Å²) in [4.78, 5) is 25.7. The lowest BCUT2D eigenvalue weighted by molar-refractivity contribution is -0.144. The van der Waals surface area contributed by atoms with Crippen molar-refractivity contribution >= 4 is 11.9 Å². The second-order valence-electron chi connectivity index (χ2n) is 6.23. The van der Waals surface area contributed by atoms with Crippen LogP contribution in [-0.2, 0) is 11.3 Å². The second kappa shape index (κ2) is 6.86. The van der Waals surface area contributed by atoms with Crippen molar-refractivity contribution in [2.45, 2.75) is 32.4 Å². The Labute approximate surface area is 140 Å². The Kier molecular flexibility index (Phi) is 4.64. The van der Waals surface area contributed by atoms with Crippen LogP contribution in [-0.4, -0.2) is 44.3 Å². The van der Waals surface area contributed by atoms with E-state index in [1.807, 2.05) is 36.0 Å². The first-order valence-electron chi connectivity index (χ1n) is 8.16. The summed E-state index contributed by atoms with van der Waals surface area (Å²) in [6, 6.07) is 9.02. The smallest absolute Gasteiger partial charge is 0.308 e. The van der Waals surface area contributed by atoms with Crippen LogP contribution in [0.15, 0.2) is 42.7 Å². The average molecular weight is 327 g/mol. The molecule has 1 saturated heterocycles. The molecule has 0 radical (unpaired) electrons. The number of hydrogen-bond donors (Lipinski definition) is 1. The monoisotopic (exact) mass is 327 g/mol. The molecule has 0 bridgehead atoms. The lowest BCUT2D eigenvalue weighted by Gasteiger charge is -2.37. The van der Waals surface area contributed by atoms with E-state index in [0.717, 1.165) is 12.0 Å². The zero-order valence-corrected chi connectivity index (χ0v) is 13.6. The van der Waals surface area contributed by atoms with Gasteiger partial charge in [0.1, 0.15) is 0 Å². The van der Waals surface area contributed by atoms with Crippen molar-refractivity contribution in [3.05, 3.63) is 53.9 Å². The minimum absolute atomic E-state index is 0.0981. The zero-order chi connectivity index (χ0) is 17.1. The standard InChI is InChI=1S/C18H21N3O3/c1-13-16(18(23)24)4-2-11-21(13)17(22)15-7-5-14(6-8-15)12-20-10-3-9-19-20/h3,5-10,13,16H,2,4,11-12H2,1H3,(H,23,24)/t13-,16-/m1/s1. The van der Waals surface area contributed by atoms with E-state index in [4.69, 9.17) is 0 Å². The van der Waals surface area contributed by atoms with Crippen LogP contribution in [0.5, 0.6) is 0 Å². The van der Waals surface area contributed by atoms with E-state index in [1.165, 1.54) is 0 Å². The molecule has 2 aromatic rings. The lowest BCUT2D eigenvalue weighted by atomic mass is 9.90. The Morgan fingerprint density at radius 1 is 1.29 bits per heavy atom. The number of hydrogen-bond acceptors (Lipinski definition) is 3. The van der Waals surface area contributed by atoms with Crippen LogP contribution in [0.3, 0.4) is 0 Å². The number of nitrogens with zero attached hydrogens (tertiary/aromatic N) is 3. The van der Waals surface area contributed by atoms with Crippen molar-refractivity contribution in [3.8, 4) is 0 Å². The van der Waals surface area contributed by atoms with Gasteiger partial charge >= 0.3 is 5.97 Å². The summed E-state index contributed by atoms with van der Waals surface area (Å²) in [7, 11) is 0. The van der Waals surface area contributed by atoms with Gasteiger partial charge in [0.15, 0.2) is 0 Å². The molecule has 0 unspecified atom stereocenters. The molecule has 1 aliphatic rings. The van der Waals surface area contributed by atoms with Crippen LogP contribution >= 0.6 is 0 Å². The van der Waals surface area contributed by atoms with Gasteiger partial charge in [-0.3, -0.25) is 14.3 Å². The molecule has 0 aliphatic carbocycles. The predicted molar refractivity (Wildman–Crippen MR) is 88.6 cm³/mol. The molecule has 6 heteroatoms.